The van der Waals surface area contributed by atoms with Crippen molar-refractivity contribution in [1.82, 2.24) is 0 Å². The first kappa shape index (κ1) is 26.0. The summed E-state index contributed by atoms with van der Waals surface area (Å²) in [7, 11) is 1.80. The summed E-state index contributed by atoms with van der Waals surface area (Å²) in [5.41, 5.74) is 7.57. The Labute approximate surface area is 217 Å². The summed E-state index contributed by atoms with van der Waals surface area (Å²) < 4.78 is 5.63. The van der Waals surface area contributed by atoms with Crippen LogP contribution >= 0.6 is 11.6 Å². The van der Waals surface area contributed by atoms with Crippen molar-refractivity contribution in [3.63, 3.8) is 0 Å². The highest BCUT2D eigenvalue weighted by molar-refractivity contribution is 6.31. The summed E-state index contributed by atoms with van der Waals surface area (Å²) in [6.45, 7) is 5.19. The van der Waals surface area contributed by atoms with Crippen LogP contribution in [0.15, 0.2) is 34.9 Å². The molecule has 35 heavy (non-hydrogen) atoms. The van der Waals surface area contributed by atoms with Crippen molar-refractivity contribution in [1.29, 1.82) is 0 Å². The molecule has 0 aromatic carbocycles. The van der Waals surface area contributed by atoms with E-state index < -0.39 is 11.7 Å². The molecule has 4 fully saturated rings. The van der Waals surface area contributed by atoms with Crippen LogP contribution in [0, 0.1) is 34.5 Å². The van der Waals surface area contributed by atoms with Crippen molar-refractivity contribution in [3.05, 3.63) is 34.9 Å². The van der Waals surface area contributed by atoms with Gasteiger partial charge in [-0.25, -0.2) is 0 Å². The molecular weight excluding hydrogens is 458 g/mol. The number of fused-ring (bicyclic) bond motifs is 5. The van der Waals surface area contributed by atoms with E-state index in [9.17, 15) is 10.2 Å². The third-order valence-corrected chi connectivity index (χ3v) is 11.8. The van der Waals surface area contributed by atoms with Gasteiger partial charge in [0.05, 0.1) is 11.7 Å². The summed E-state index contributed by atoms with van der Waals surface area (Å²) >= 11 is 6.37. The summed E-state index contributed by atoms with van der Waals surface area (Å²) in [5, 5.41) is 23.3. The van der Waals surface area contributed by atoms with Gasteiger partial charge in [-0.3, -0.25) is 0 Å². The molecule has 5 heteroatoms. The molecule has 5 rings (SSSR count). The van der Waals surface area contributed by atoms with E-state index in [2.05, 4.69) is 13.0 Å². The summed E-state index contributed by atoms with van der Waals surface area (Å²) in [6.07, 6.45) is 18.6. The van der Waals surface area contributed by atoms with Crippen molar-refractivity contribution >= 4 is 11.6 Å². The van der Waals surface area contributed by atoms with Gasteiger partial charge in [-0.15, -0.1) is 0 Å². The molecule has 0 aliphatic heterocycles. The molecule has 4 nitrogen and oxygen atoms in total. The Bertz CT molecular complexity index is 911. The first-order chi connectivity index (χ1) is 16.6. The lowest BCUT2D eigenvalue weighted by Crippen LogP contribution is -2.69. The topological polar surface area (TPSA) is 75.7 Å². The first-order valence-corrected chi connectivity index (χ1v) is 14.3. The van der Waals surface area contributed by atoms with Crippen LogP contribution in [0.2, 0.25) is 0 Å². The minimum Gasteiger partial charge on any atom is -0.390 e. The highest BCUT2D eigenvalue weighted by Crippen LogP contribution is 2.70. The van der Waals surface area contributed by atoms with Crippen molar-refractivity contribution in [2.75, 3.05) is 13.7 Å². The molecule has 5 aliphatic rings. The zero-order valence-corrected chi connectivity index (χ0v) is 22.7. The smallest absolute Gasteiger partial charge is 0.0790 e. The minimum atomic E-state index is -0.666. The number of ether oxygens (including phenoxy) is 1. The Hall–Kier alpha value is -0.650. The first-order valence-electron chi connectivity index (χ1n) is 14.0. The van der Waals surface area contributed by atoms with Gasteiger partial charge in [-0.05, 0) is 130 Å². The van der Waals surface area contributed by atoms with E-state index in [1.165, 1.54) is 12.8 Å². The number of methoxy groups -OCH3 is 1. The molecule has 196 valence electrons. The maximum Gasteiger partial charge on any atom is 0.0790 e. The average Bonchev–Trinajstić information content (AvgIpc) is 3.00. The second-order valence-electron chi connectivity index (χ2n) is 13.2. The number of aliphatic hydroxyl groups is 2. The number of allylic oxidation sites excluding steroid dienone is 5. The fraction of sp³-hybridized carbons (Fsp3) is 0.800. The maximum absolute atomic E-state index is 11.6. The molecule has 5 aliphatic carbocycles. The molecule has 0 aromatic heterocycles. The normalized spacial score (nSPS) is 48.2. The van der Waals surface area contributed by atoms with Gasteiger partial charge >= 0.3 is 0 Å². The molecule has 2 unspecified atom stereocenters. The van der Waals surface area contributed by atoms with Gasteiger partial charge in [0.25, 0.3) is 0 Å². The molecule has 0 saturated heterocycles. The van der Waals surface area contributed by atoms with E-state index in [1.807, 2.05) is 25.2 Å². The zero-order valence-electron chi connectivity index (χ0n) is 21.9. The standard InChI is InChI=1S/C30H46ClNO3/c1-27(34)14-15-29(16-17-35-3)24-11-12-28(2)23(22(24)10-13-30(29,32)19-27)8-9-25(28)26(33)20-6-4-5-7-21(31)18-20/h4-5,7,18,22-26,33-34H,6,8-17,19,32H2,1-3H3/t22?,23-,24-,25+,26?,27+,28-,29-,30+/m0/s1. The van der Waals surface area contributed by atoms with E-state index in [0.29, 0.717) is 29.2 Å². The highest BCUT2D eigenvalue weighted by Gasteiger charge is 2.66. The third-order valence-electron chi connectivity index (χ3n) is 11.5. The van der Waals surface area contributed by atoms with E-state index >= 15 is 0 Å². The fourth-order valence-electron chi connectivity index (χ4n) is 9.89. The highest BCUT2D eigenvalue weighted by atomic mass is 35.5. The molecule has 0 radical (unpaired) electrons. The number of halogens is 1. The van der Waals surface area contributed by atoms with E-state index in [0.717, 1.165) is 63.5 Å². The number of hydrogen-bond acceptors (Lipinski definition) is 4. The second kappa shape index (κ2) is 9.27. The molecule has 0 heterocycles. The van der Waals surface area contributed by atoms with Crippen molar-refractivity contribution in [2.45, 2.75) is 102 Å². The molecule has 4 N–H and O–H groups in total. The molecule has 0 spiro atoms. The van der Waals surface area contributed by atoms with Gasteiger partial charge in [0, 0.05) is 24.3 Å². The van der Waals surface area contributed by atoms with Crippen LogP contribution in [0.1, 0.15) is 84.5 Å². The lowest BCUT2D eigenvalue weighted by Gasteiger charge is -2.67. The predicted octanol–water partition coefficient (Wildman–Crippen LogP) is 5.86. The van der Waals surface area contributed by atoms with Crippen LogP contribution < -0.4 is 5.73 Å². The molecule has 4 saturated carbocycles. The number of aliphatic hydroxyl groups excluding tert-OH is 1. The Morgan fingerprint density at radius 1 is 1.11 bits per heavy atom. The molecule has 0 bridgehead atoms. The van der Waals surface area contributed by atoms with Crippen LogP contribution in [0.4, 0.5) is 0 Å². The second-order valence-corrected chi connectivity index (χ2v) is 13.7. The Morgan fingerprint density at radius 3 is 2.69 bits per heavy atom. The van der Waals surface area contributed by atoms with E-state index in [4.69, 9.17) is 22.1 Å². The quantitative estimate of drug-likeness (QED) is 0.439. The van der Waals surface area contributed by atoms with Gasteiger partial charge in [-0.1, -0.05) is 30.7 Å². The van der Waals surface area contributed by atoms with E-state index in [-0.39, 0.29) is 22.3 Å². The minimum absolute atomic E-state index is 0.0408. The van der Waals surface area contributed by atoms with Crippen LogP contribution in [-0.4, -0.2) is 41.2 Å². The van der Waals surface area contributed by atoms with Crippen LogP contribution in [0.25, 0.3) is 0 Å². The summed E-state index contributed by atoms with van der Waals surface area (Å²) in [4.78, 5) is 0. The largest absolute Gasteiger partial charge is 0.390 e. The van der Waals surface area contributed by atoms with Crippen molar-refractivity contribution < 1.29 is 14.9 Å². The third kappa shape index (κ3) is 4.20. The lowest BCUT2D eigenvalue weighted by atomic mass is 9.40. The van der Waals surface area contributed by atoms with Crippen molar-refractivity contribution in [2.24, 2.45) is 40.2 Å². The van der Waals surface area contributed by atoms with E-state index in [1.54, 1.807) is 7.11 Å². The average molecular weight is 504 g/mol. The van der Waals surface area contributed by atoms with Gasteiger partial charge in [-0.2, -0.15) is 0 Å². The molecule has 0 aromatic rings. The predicted molar refractivity (Wildman–Crippen MR) is 142 cm³/mol. The number of nitrogens with two attached hydrogens (primary N) is 1. The van der Waals surface area contributed by atoms with Crippen LogP contribution in [0.5, 0.6) is 0 Å². The Kier molecular flexibility index (Phi) is 6.88. The van der Waals surface area contributed by atoms with Crippen LogP contribution in [0.3, 0.4) is 0 Å². The Balaban J connectivity index is 1.43. The van der Waals surface area contributed by atoms with Gasteiger partial charge < -0.3 is 20.7 Å². The molecule has 9 atom stereocenters. The van der Waals surface area contributed by atoms with Crippen molar-refractivity contribution in [3.8, 4) is 0 Å². The Morgan fingerprint density at radius 2 is 1.91 bits per heavy atom. The van der Waals surface area contributed by atoms with Gasteiger partial charge in [0.1, 0.15) is 0 Å². The monoisotopic (exact) mass is 503 g/mol. The fourth-order valence-corrected chi connectivity index (χ4v) is 10.1. The number of hydrogen-bond donors (Lipinski definition) is 3. The van der Waals surface area contributed by atoms with Gasteiger partial charge in [0.15, 0.2) is 0 Å². The zero-order chi connectivity index (χ0) is 25.1. The number of rotatable bonds is 5. The maximum atomic E-state index is 11.6. The summed E-state index contributed by atoms with van der Waals surface area (Å²) in [6, 6.07) is 0. The lowest BCUT2D eigenvalue weighted by molar-refractivity contribution is -0.174. The van der Waals surface area contributed by atoms with Gasteiger partial charge in [0.2, 0.25) is 0 Å². The SMILES string of the molecule is COCC[C@]12CC[C@@](C)(O)C[C@]1(N)CCC1[C@@H]3CC[C@H](C(O)C4=CC(Cl)=CC=CC4)[C@@]3(C)CC[C@@H]12. The summed E-state index contributed by atoms with van der Waals surface area (Å²) in [5.74, 6) is 2.13. The molecule has 0 amide bonds. The van der Waals surface area contributed by atoms with Crippen LogP contribution in [-0.2, 0) is 4.74 Å². The molecular formula is C30H46ClNO3.